The van der Waals surface area contributed by atoms with Crippen molar-refractivity contribution in [1.82, 2.24) is 20.5 Å². The van der Waals surface area contributed by atoms with Gasteiger partial charge in [0.15, 0.2) is 5.78 Å². The van der Waals surface area contributed by atoms with E-state index >= 15 is 0 Å². The van der Waals surface area contributed by atoms with Crippen molar-refractivity contribution in [1.29, 1.82) is 0 Å². The van der Waals surface area contributed by atoms with E-state index in [2.05, 4.69) is 15.6 Å². The Morgan fingerprint density at radius 1 is 1.26 bits per heavy atom. The second-order valence-corrected chi connectivity index (χ2v) is 11.6. The highest BCUT2D eigenvalue weighted by Crippen LogP contribution is 2.43. The summed E-state index contributed by atoms with van der Waals surface area (Å²) >= 11 is 0. The van der Waals surface area contributed by atoms with Gasteiger partial charge in [-0.05, 0) is 69.6 Å². The van der Waals surface area contributed by atoms with Crippen LogP contribution in [0.3, 0.4) is 0 Å². The number of ketones is 1. The van der Waals surface area contributed by atoms with Gasteiger partial charge in [0.05, 0.1) is 13.2 Å². The van der Waals surface area contributed by atoms with E-state index in [9.17, 15) is 24.3 Å². The highest BCUT2D eigenvalue weighted by atomic mass is 16.5. The number of amides is 3. The second-order valence-electron chi connectivity index (χ2n) is 11.6. The van der Waals surface area contributed by atoms with Crippen molar-refractivity contribution in [2.24, 2.45) is 17.8 Å². The number of benzene rings is 1. The fraction of sp³-hybridized carbons (Fsp3) is 0.571. The topological polar surface area (TPSA) is 141 Å². The Morgan fingerprint density at radius 2 is 2.05 bits per heavy atom. The fourth-order valence-corrected chi connectivity index (χ4v) is 6.73. The molecule has 1 aromatic carbocycles. The van der Waals surface area contributed by atoms with Gasteiger partial charge in [-0.1, -0.05) is 12.5 Å². The van der Waals surface area contributed by atoms with Crippen LogP contribution in [0.2, 0.25) is 0 Å². The third-order valence-corrected chi connectivity index (χ3v) is 8.46. The summed E-state index contributed by atoms with van der Waals surface area (Å²) in [5, 5.41) is 16.1. The van der Waals surface area contributed by atoms with Crippen molar-refractivity contribution in [3.8, 4) is 5.75 Å². The molecule has 10 nitrogen and oxygen atoms in total. The van der Waals surface area contributed by atoms with Crippen LogP contribution < -0.4 is 15.4 Å². The lowest BCUT2D eigenvalue weighted by molar-refractivity contribution is -0.133. The van der Waals surface area contributed by atoms with Crippen molar-refractivity contribution >= 4 is 34.4 Å². The van der Waals surface area contributed by atoms with Crippen molar-refractivity contribution in [2.75, 3.05) is 20.3 Å². The average Bonchev–Trinajstić information content (AvgIpc) is 3.64. The van der Waals surface area contributed by atoms with Crippen LogP contribution >= 0.6 is 0 Å². The molecule has 3 aliphatic rings. The quantitative estimate of drug-likeness (QED) is 0.415. The first-order valence-corrected chi connectivity index (χ1v) is 13.3. The Balaban J connectivity index is 1.38. The molecule has 204 valence electrons. The Hall–Kier alpha value is -3.40. The summed E-state index contributed by atoms with van der Waals surface area (Å²) in [4.78, 5) is 57.4. The number of rotatable bonds is 8. The third kappa shape index (κ3) is 4.77. The number of hydrogen-bond donors (Lipinski definition) is 4. The molecule has 0 bridgehead atoms. The number of carbonyl (C=O) groups is 4. The summed E-state index contributed by atoms with van der Waals surface area (Å²) in [5.41, 5.74) is 0.738. The number of aromatic amines is 1. The zero-order valence-electron chi connectivity index (χ0n) is 22.1. The monoisotopic (exact) mass is 524 g/mol. The molecule has 0 radical (unpaired) electrons. The van der Waals surface area contributed by atoms with Crippen LogP contribution in [0.25, 0.3) is 10.9 Å². The molecule has 2 aliphatic heterocycles. The summed E-state index contributed by atoms with van der Waals surface area (Å²) in [5.74, 6) is -0.994. The minimum Gasteiger partial charge on any atom is -0.496 e. The smallest absolute Gasteiger partial charge is 0.271 e. The van der Waals surface area contributed by atoms with E-state index in [1.54, 1.807) is 18.1 Å². The van der Waals surface area contributed by atoms with E-state index < -0.39 is 41.8 Å². The van der Waals surface area contributed by atoms with Gasteiger partial charge in [-0.25, -0.2) is 0 Å². The van der Waals surface area contributed by atoms with Gasteiger partial charge in [-0.3, -0.25) is 19.2 Å². The maximum absolute atomic E-state index is 13.8. The van der Waals surface area contributed by atoms with Crippen LogP contribution in [0.4, 0.5) is 0 Å². The molecule has 1 aromatic heterocycles. The Labute approximate surface area is 221 Å². The van der Waals surface area contributed by atoms with E-state index in [4.69, 9.17) is 4.74 Å². The van der Waals surface area contributed by atoms with E-state index in [0.29, 0.717) is 24.4 Å². The lowest BCUT2D eigenvalue weighted by Gasteiger charge is -2.29. The number of hydrogen-bond acceptors (Lipinski definition) is 6. The number of nitrogens with one attached hydrogen (secondary N) is 3. The van der Waals surface area contributed by atoms with Crippen LogP contribution in [-0.4, -0.2) is 76.4 Å². The first-order chi connectivity index (χ1) is 18.1. The SMILES string of the molecule is COc1cccc2[nH]c(C(=O)N3CC4CCCC4C3C(=O)NC(CC3CC(C)(C)NC3=O)C(=O)CO)cc12. The van der Waals surface area contributed by atoms with Gasteiger partial charge in [0.25, 0.3) is 5.91 Å². The van der Waals surface area contributed by atoms with E-state index in [0.717, 1.165) is 30.2 Å². The standard InChI is InChI=1S/C28H36N4O6/c1-28(2)12-16(25(35)31-28)10-20(22(34)14-33)30-26(36)24-17-7-4-6-15(17)13-32(24)27(37)21-11-18-19(29-21)8-5-9-23(18)38-3/h5,8-9,11,15-17,20,24,29,33H,4,6-7,10,12-14H2,1-3H3,(H,30,36)(H,31,35). The van der Waals surface area contributed by atoms with Crippen LogP contribution in [0.5, 0.6) is 5.75 Å². The third-order valence-electron chi connectivity index (χ3n) is 8.46. The van der Waals surface area contributed by atoms with Crippen molar-refractivity contribution in [3.05, 3.63) is 30.0 Å². The molecule has 5 rings (SSSR count). The second kappa shape index (κ2) is 10.1. The molecular weight excluding hydrogens is 488 g/mol. The summed E-state index contributed by atoms with van der Waals surface area (Å²) in [7, 11) is 1.57. The number of fused-ring (bicyclic) bond motifs is 2. The van der Waals surface area contributed by atoms with E-state index in [1.807, 2.05) is 32.0 Å². The largest absolute Gasteiger partial charge is 0.496 e. The first kappa shape index (κ1) is 26.2. The molecule has 5 unspecified atom stereocenters. The molecule has 3 amide bonds. The Morgan fingerprint density at radius 3 is 2.74 bits per heavy atom. The van der Waals surface area contributed by atoms with E-state index in [-0.39, 0.29) is 30.1 Å². The first-order valence-electron chi connectivity index (χ1n) is 13.3. The van der Waals surface area contributed by atoms with Crippen LogP contribution in [0, 0.1) is 17.8 Å². The molecule has 4 N–H and O–H groups in total. The summed E-state index contributed by atoms with van der Waals surface area (Å²) < 4.78 is 5.43. The molecule has 2 saturated heterocycles. The number of carbonyl (C=O) groups excluding carboxylic acids is 4. The zero-order chi connectivity index (χ0) is 27.2. The van der Waals surface area contributed by atoms with Gasteiger partial charge < -0.3 is 30.4 Å². The summed E-state index contributed by atoms with van der Waals surface area (Å²) in [6, 6.07) is 5.54. The molecule has 38 heavy (non-hydrogen) atoms. The van der Waals surface area contributed by atoms with Crippen molar-refractivity contribution in [2.45, 2.75) is 63.6 Å². The highest BCUT2D eigenvalue weighted by Gasteiger charge is 2.50. The molecule has 0 spiro atoms. The lowest BCUT2D eigenvalue weighted by atomic mass is 9.89. The van der Waals surface area contributed by atoms with Crippen LogP contribution in [0.1, 0.15) is 56.4 Å². The van der Waals surface area contributed by atoms with Gasteiger partial charge >= 0.3 is 0 Å². The average molecular weight is 525 g/mol. The van der Waals surface area contributed by atoms with E-state index in [1.165, 1.54) is 0 Å². The normalized spacial score (nSPS) is 26.7. The van der Waals surface area contributed by atoms with Gasteiger partial charge in [0, 0.05) is 28.9 Å². The summed E-state index contributed by atoms with van der Waals surface area (Å²) in [6.45, 7) is 3.55. The van der Waals surface area contributed by atoms with Crippen molar-refractivity contribution in [3.63, 3.8) is 0 Å². The number of aliphatic hydroxyl groups excluding tert-OH is 1. The van der Waals surface area contributed by atoms with Crippen LogP contribution in [0.15, 0.2) is 24.3 Å². The molecule has 3 fully saturated rings. The molecule has 5 atom stereocenters. The maximum atomic E-state index is 13.8. The zero-order valence-corrected chi connectivity index (χ0v) is 22.1. The Bertz CT molecular complexity index is 1270. The minimum atomic E-state index is -1.01. The predicted molar refractivity (Wildman–Crippen MR) is 139 cm³/mol. The summed E-state index contributed by atoms with van der Waals surface area (Å²) in [6.07, 6.45) is 3.39. The fourth-order valence-electron chi connectivity index (χ4n) is 6.73. The number of H-pyrrole nitrogens is 1. The predicted octanol–water partition coefficient (Wildman–Crippen LogP) is 1.77. The number of nitrogens with zero attached hydrogens (tertiary/aromatic N) is 1. The van der Waals surface area contributed by atoms with Gasteiger partial charge in [-0.2, -0.15) is 0 Å². The molecule has 3 heterocycles. The maximum Gasteiger partial charge on any atom is 0.271 e. The Kier molecular flexibility index (Phi) is 6.94. The molecule has 10 heteroatoms. The minimum absolute atomic E-state index is 0.00328. The van der Waals surface area contributed by atoms with Gasteiger partial charge in [0.1, 0.15) is 24.1 Å². The molecule has 2 aromatic rings. The number of ether oxygens (including phenoxy) is 1. The van der Waals surface area contributed by atoms with Gasteiger partial charge in [-0.15, -0.1) is 0 Å². The van der Waals surface area contributed by atoms with Crippen molar-refractivity contribution < 1.29 is 29.0 Å². The number of methoxy groups -OCH3 is 1. The molecule has 1 aliphatic carbocycles. The van der Waals surface area contributed by atoms with Gasteiger partial charge in [0.2, 0.25) is 11.8 Å². The number of aromatic nitrogens is 1. The number of Topliss-reactive ketones (excluding diaryl/α,β-unsaturated/α-hetero) is 1. The lowest BCUT2D eigenvalue weighted by Crippen LogP contribution is -2.53. The highest BCUT2D eigenvalue weighted by molar-refractivity contribution is 6.02. The molecular formula is C28H36N4O6. The number of likely N-dealkylation sites (tertiary alicyclic amines) is 1. The number of aliphatic hydroxyl groups is 1. The molecule has 1 saturated carbocycles. The van der Waals surface area contributed by atoms with Crippen LogP contribution in [-0.2, 0) is 14.4 Å².